The second-order valence-electron chi connectivity index (χ2n) is 11.9. The van der Waals surface area contributed by atoms with E-state index < -0.39 is 147 Å². The number of hydrogen-bond donors (Lipinski definition) is 16. The third-order valence-corrected chi connectivity index (χ3v) is 7.24. The quantitative estimate of drug-likeness (QED) is 0.0209. The third-order valence-electron chi connectivity index (χ3n) is 7.24. The van der Waals surface area contributed by atoms with Gasteiger partial charge in [0.1, 0.15) is 36.3 Å². The molecule has 310 valence electrons. The van der Waals surface area contributed by atoms with Crippen LogP contribution in [-0.2, 0) is 47.9 Å². The molecule has 0 spiro atoms. The Hall–Kier alpha value is -6.15. The molecule has 7 amide bonds. The van der Waals surface area contributed by atoms with Gasteiger partial charge in [0.25, 0.3) is 0 Å². The first-order chi connectivity index (χ1) is 25.6. The molecule has 0 radical (unpaired) electrons. The summed E-state index contributed by atoms with van der Waals surface area (Å²) in [5.74, 6) is -12.6. The number of carboxylic acid groups (broad SMARTS) is 3. The van der Waals surface area contributed by atoms with Crippen LogP contribution in [0.2, 0.25) is 0 Å². The highest BCUT2D eigenvalue weighted by Gasteiger charge is 2.33. The van der Waals surface area contributed by atoms with Gasteiger partial charge in [-0.3, -0.25) is 48.6 Å². The highest BCUT2D eigenvalue weighted by atomic mass is 16.4. The van der Waals surface area contributed by atoms with Crippen molar-refractivity contribution in [1.29, 1.82) is 5.41 Å². The smallest absolute Gasteiger partial charge is 0.326 e. The molecule has 0 saturated heterocycles. The van der Waals surface area contributed by atoms with Crippen molar-refractivity contribution >= 4 is 65.2 Å². The molecule has 55 heavy (non-hydrogen) atoms. The zero-order valence-electron chi connectivity index (χ0n) is 29.7. The monoisotopic (exact) mass is 791 g/mol. The Labute approximate surface area is 312 Å². The predicted octanol–water partition coefficient (Wildman–Crippen LogP) is -7.82. The minimum atomic E-state index is -1.86. The maximum absolute atomic E-state index is 13.1. The van der Waals surface area contributed by atoms with E-state index in [0.717, 1.165) is 6.92 Å². The molecule has 0 aliphatic rings. The van der Waals surface area contributed by atoms with E-state index in [9.17, 15) is 58.2 Å². The Morgan fingerprint density at radius 1 is 0.655 bits per heavy atom. The molecule has 7 atom stereocenters. The summed E-state index contributed by atoms with van der Waals surface area (Å²) in [5, 5.41) is 69.1. The number of aliphatic hydroxyl groups is 2. The largest absolute Gasteiger partial charge is 0.481 e. The molecule has 0 heterocycles. The summed E-state index contributed by atoms with van der Waals surface area (Å²) >= 11 is 0. The van der Waals surface area contributed by atoms with Gasteiger partial charge in [0, 0.05) is 19.4 Å². The van der Waals surface area contributed by atoms with Crippen LogP contribution in [0.4, 0.5) is 0 Å². The molecule has 0 saturated carbocycles. The van der Waals surface area contributed by atoms with Gasteiger partial charge in [-0.1, -0.05) is 0 Å². The Morgan fingerprint density at radius 3 is 1.62 bits per heavy atom. The van der Waals surface area contributed by atoms with Crippen LogP contribution in [-0.4, -0.2) is 153 Å². The van der Waals surface area contributed by atoms with Gasteiger partial charge in [-0.2, -0.15) is 0 Å². The number of carbonyl (C=O) groups excluding carboxylic acids is 7. The van der Waals surface area contributed by atoms with Crippen LogP contribution in [0, 0.1) is 5.41 Å². The van der Waals surface area contributed by atoms with E-state index in [2.05, 4.69) is 31.9 Å². The van der Waals surface area contributed by atoms with Crippen LogP contribution in [0.3, 0.4) is 0 Å². The average molecular weight is 792 g/mol. The van der Waals surface area contributed by atoms with Crippen molar-refractivity contribution in [2.75, 3.05) is 19.7 Å². The van der Waals surface area contributed by atoms with Gasteiger partial charge in [0.05, 0.1) is 25.7 Å². The molecule has 19 N–H and O–H groups in total. The van der Waals surface area contributed by atoms with E-state index in [1.165, 1.54) is 0 Å². The summed E-state index contributed by atoms with van der Waals surface area (Å²) in [6, 6.07) is -9.89. The van der Waals surface area contributed by atoms with Gasteiger partial charge in [-0.25, -0.2) is 4.79 Å². The maximum Gasteiger partial charge on any atom is 0.326 e. The summed E-state index contributed by atoms with van der Waals surface area (Å²) < 4.78 is 0. The summed E-state index contributed by atoms with van der Waals surface area (Å²) in [5.41, 5.74) is 15.9. The van der Waals surface area contributed by atoms with Crippen molar-refractivity contribution in [1.82, 2.24) is 37.2 Å². The van der Waals surface area contributed by atoms with Crippen molar-refractivity contribution in [2.45, 2.75) is 94.2 Å². The number of primary amides is 1. The Kier molecular flexibility index (Phi) is 22.2. The maximum atomic E-state index is 13.1. The number of guanidine groups is 1. The molecule has 0 aromatic carbocycles. The molecule has 0 fully saturated rings. The number of nitrogens with one attached hydrogen (secondary N) is 8. The molecule has 0 aromatic heterocycles. The Morgan fingerprint density at radius 2 is 1.15 bits per heavy atom. The number of aliphatic hydroxyl groups excluding tert-OH is 2. The molecule has 26 nitrogen and oxygen atoms in total. The zero-order valence-corrected chi connectivity index (χ0v) is 29.7. The van der Waals surface area contributed by atoms with Crippen molar-refractivity contribution in [3.63, 3.8) is 0 Å². The first-order valence-electron chi connectivity index (χ1n) is 16.4. The van der Waals surface area contributed by atoms with E-state index in [1.54, 1.807) is 0 Å². The van der Waals surface area contributed by atoms with Crippen LogP contribution >= 0.6 is 0 Å². The van der Waals surface area contributed by atoms with E-state index in [-0.39, 0.29) is 25.3 Å². The lowest BCUT2D eigenvalue weighted by Gasteiger charge is -2.26. The van der Waals surface area contributed by atoms with E-state index in [1.807, 2.05) is 5.32 Å². The molecule has 0 rings (SSSR count). The fraction of sp³-hybridized carbons (Fsp3) is 0.621. The number of nitrogens with two attached hydrogens (primary N) is 3. The predicted molar refractivity (Wildman–Crippen MR) is 184 cm³/mol. The number of rotatable bonds is 27. The van der Waals surface area contributed by atoms with Gasteiger partial charge in [0.2, 0.25) is 41.4 Å². The lowest BCUT2D eigenvalue weighted by atomic mass is 10.1. The van der Waals surface area contributed by atoms with Gasteiger partial charge in [0.15, 0.2) is 5.96 Å². The average Bonchev–Trinajstić information content (AvgIpc) is 3.08. The van der Waals surface area contributed by atoms with E-state index in [4.69, 9.17) is 37.9 Å². The number of aliphatic carboxylic acids is 3. The van der Waals surface area contributed by atoms with Crippen molar-refractivity contribution < 1.29 is 73.5 Å². The second-order valence-corrected chi connectivity index (χ2v) is 11.9. The number of amides is 7. The SMILES string of the molecule is C[C@@H](O)[C@H](NC(=O)CNC(=O)[C@H](CC(N)=O)NC(=O)[C@H](CCCNC(=N)N)NC(=O)[C@@H](N)CO)C(=O)N[C@@H](CCC(=O)O)C(=O)N[C@@H](CCC(=O)O)C(=O)O. The normalized spacial score (nSPS) is 14.5. The minimum absolute atomic E-state index is 0.0861. The Bertz CT molecular complexity index is 1430. The second kappa shape index (κ2) is 25.0. The molecule has 0 unspecified atom stereocenters. The first-order valence-corrected chi connectivity index (χ1v) is 16.4. The third kappa shape index (κ3) is 20.6. The topological polar surface area (TPSA) is 458 Å². The summed E-state index contributed by atoms with van der Waals surface area (Å²) in [6.07, 6.45) is -5.01. The van der Waals surface area contributed by atoms with Crippen molar-refractivity contribution in [2.24, 2.45) is 17.2 Å². The van der Waals surface area contributed by atoms with Crippen molar-refractivity contribution in [3.8, 4) is 0 Å². The molecule has 0 bridgehead atoms. The first kappa shape index (κ1) is 48.8. The summed E-state index contributed by atoms with van der Waals surface area (Å²) in [6.45, 7) is -0.597. The van der Waals surface area contributed by atoms with Gasteiger partial charge < -0.3 is 80.0 Å². The lowest BCUT2D eigenvalue weighted by molar-refractivity contribution is -0.144. The standard InChI is InChI=1S/C29H49N11O15/c1-12(42)22(27(53)37-15(4-6-20(45)46)26(52)38-16(28(54)55)5-7-21(47)48)40-19(44)10-35-24(50)17(9-18(31)43)39-25(51)14(3-2-8-34-29(32)33)36-23(49)13(30)11-41/h12-17,22,41-42H,2-11,30H2,1H3,(H2,31,43)(H,35,50)(H,36,49)(H,37,53)(H,38,52)(H,39,51)(H,40,44)(H,45,46)(H,47,48)(H,54,55)(H4,32,33,34)/t12-,13+,14+,15+,16+,17+,22+/m1/s1. The highest BCUT2D eigenvalue weighted by Crippen LogP contribution is 2.06. The van der Waals surface area contributed by atoms with Crippen LogP contribution in [0.15, 0.2) is 0 Å². The zero-order chi connectivity index (χ0) is 42.4. The molecular weight excluding hydrogens is 742 g/mol. The number of carbonyl (C=O) groups is 10. The van der Waals surface area contributed by atoms with Crippen LogP contribution < -0.4 is 54.4 Å². The van der Waals surface area contributed by atoms with Crippen LogP contribution in [0.5, 0.6) is 0 Å². The molecule has 26 heteroatoms. The van der Waals surface area contributed by atoms with Crippen LogP contribution in [0.1, 0.15) is 51.9 Å². The number of hydrogen-bond acceptors (Lipinski definition) is 14. The van der Waals surface area contributed by atoms with Gasteiger partial charge in [-0.15, -0.1) is 0 Å². The van der Waals surface area contributed by atoms with E-state index >= 15 is 0 Å². The van der Waals surface area contributed by atoms with Crippen molar-refractivity contribution in [3.05, 3.63) is 0 Å². The van der Waals surface area contributed by atoms with Crippen LogP contribution in [0.25, 0.3) is 0 Å². The molecule has 0 aliphatic carbocycles. The molecule has 0 aromatic rings. The van der Waals surface area contributed by atoms with Gasteiger partial charge in [-0.05, 0) is 32.6 Å². The summed E-state index contributed by atoms with van der Waals surface area (Å²) in [4.78, 5) is 122. The van der Waals surface area contributed by atoms with E-state index in [0.29, 0.717) is 0 Å². The summed E-state index contributed by atoms with van der Waals surface area (Å²) in [7, 11) is 0. The fourth-order valence-corrected chi connectivity index (χ4v) is 4.36. The highest BCUT2D eigenvalue weighted by molar-refractivity contribution is 5.97. The Balaban J connectivity index is 5.81. The van der Waals surface area contributed by atoms with Gasteiger partial charge >= 0.3 is 17.9 Å². The minimum Gasteiger partial charge on any atom is -0.481 e. The molecule has 0 aliphatic heterocycles. The molecular formula is C29H49N11O15. The lowest BCUT2D eigenvalue weighted by Crippen LogP contribution is -2.59. The number of carboxylic acids is 3. The fourth-order valence-electron chi connectivity index (χ4n) is 4.36.